The van der Waals surface area contributed by atoms with Crippen molar-refractivity contribution >= 4 is 40.6 Å². The average Bonchev–Trinajstić information content (AvgIpc) is 2.90. The number of anilines is 1. The molecule has 0 bridgehead atoms. The number of nitrogens with zero attached hydrogens (tertiary/aromatic N) is 2. The van der Waals surface area contributed by atoms with Crippen LogP contribution in [0.3, 0.4) is 0 Å². The second-order valence-electron chi connectivity index (χ2n) is 6.36. The predicted molar refractivity (Wildman–Crippen MR) is 116 cm³/mol. The Morgan fingerprint density at radius 3 is 2.43 bits per heavy atom. The minimum Gasteiger partial charge on any atom is -0.365 e. The molecule has 7 nitrogen and oxygen atoms in total. The van der Waals surface area contributed by atoms with Crippen molar-refractivity contribution in [2.24, 2.45) is 9.98 Å². The average molecular weight is 421 g/mol. The third-order valence-corrected chi connectivity index (χ3v) is 4.50. The summed E-state index contributed by atoms with van der Waals surface area (Å²) in [5, 5.41) is 13.7. The molecule has 1 atom stereocenters. The fourth-order valence-electron chi connectivity index (χ4n) is 2.90. The van der Waals surface area contributed by atoms with E-state index in [-0.39, 0.29) is 5.84 Å². The van der Waals surface area contributed by atoms with Gasteiger partial charge < -0.3 is 9.94 Å². The highest BCUT2D eigenvalue weighted by Gasteiger charge is 2.23. The van der Waals surface area contributed by atoms with E-state index < -0.39 is 12.3 Å². The van der Waals surface area contributed by atoms with Crippen molar-refractivity contribution in [3.8, 4) is 0 Å². The number of fused-ring (bicyclic) bond motifs is 1. The number of hydrogen-bond donors (Lipinski definition) is 3. The third-order valence-electron chi connectivity index (χ3n) is 4.27. The zero-order chi connectivity index (χ0) is 20.9. The van der Waals surface area contributed by atoms with E-state index in [0.29, 0.717) is 27.7 Å². The molecule has 1 amide bonds. The molecule has 0 aromatic heterocycles. The Kier molecular flexibility index (Phi) is 5.74. The van der Waals surface area contributed by atoms with Crippen LogP contribution in [0, 0.1) is 0 Å². The molecule has 3 aromatic carbocycles. The molecule has 1 aliphatic heterocycles. The third kappa shape index (κ3) is 4.48. The van der Waals surface area contributed by atoms with Crippen molar-refractivity contribution in [2.75, 3.05) is 5.32 Å². The molecule has 0 spiro atoms. The summed E-state index contributed by atoms with van der Waals surface area (Å²) in [6, 6.07) is 23.3. The van der Waals surface area contributed by atoms with E-state index in [4.69, 9.17) is 16.4 Å². The summed E-state index contributed by atoms with van der Waals surface area (Å²) in [4.78, 5) is 25.8. The molecule has 0 radical (unpaired) electrons. The molecule has 4 rings (SSSR count). The molecule has 3 aromatic rings. The maximum atomic E-state index is 12.0. The molecule has 0 saturated carbocycles. The highest BCUT2D eigenvalue weighted by molar-refractivity contribution is 6.31. The quantitative estimate of drug-likeness (QED) is 0.539. The molecule has 150 valence electrons. The lowest BCUT2D eigenvalue weighted by molar-refractivity contribution is 0.126. The Bertz CT molecular complexity index is 1120. The van der Waals surface area contributed by atoms with Crippen LogP contribution in [0.25, 0.3) is 0 Å². The summed E-state index contributed by atoms with van der Waals surface area (Å²) >= 11 is 6.18. The number of carbonyl (C=O) groups excluding carboxylic acids is 1. The lowest BCUT2D eigenvalue weighted by Crippen LogP contribution is -2.36. The molecular weight excluding hydrogens is 404 g/mol. The summed E-state index contributed by atoms with van der Waals surface area (Å²) in [5.74, 6) is -0.0345. The van der Waals surface area contributed by atoms with Crippen molar-refractivity contribution in [3.63, 3.8) is 0 Å². The number of amides is 1. The van der Waals surface area contributed by atoms with Gasteiger partial charge in [0.15, 0.2) is 5.84 Å². The molecule has 0 aliphatic carbocycles. The van der Waals surface area contributed by atoms with Gasteiger partial charge in [0, 0.05) is 21.8 Å². The number of benzene rings is 3. The van der Waals surface area contributed by atoms with Gasteiger partial charge in [-0.2, -0.15) is 5.48 Å². The smallest absolute Gasteiger partial charge is 0.365 e. The number of amidine groups is 1. The zero-order valence-electron chi connectivity index (χ0n) is 15.6. The number of aliphatic hydroxyl groups is 1. The maximum absolute atomic E-state index is 12.0. The van der Waals surface area contributed by atoms with E-state index >= 15 is 0 Å². The summed E-state index contributed by atoms with van der Waals surface area (Å²) in [6.45, 7) is 0. The number of hydroxylamine groups is 1. The highest BCUT2D eigenvalue weighted by Crippen LogP contribution is 2.29. The second-order valence-corrected chi connectivity index (χ2v) is 6.79. The predicted octanol–water partition coefficient (Wildman–Crippen LogP) is 4.29. The van der Waals surface area contributed by atoms with Crippen LogP contribution in [0.15, 0.2) is 88.8 Å². The van der Waals surface area contributed by atoms with Gasteiger partial charge in [-0.15, -0.1) is 0 Å². The first-order valence-corrected chi connectivity index (χ1v) is 9.46. The number of rotatable bonds is 2. The largest absolute Gasteiger partial charge is 0.435 e. The van der Waals surface area contributed by atoms with Crippen LogP contribution >= 0.6 is 11.6 Å². The SMILES string of the molecule is O=C(Nc1ccccc1)ONC1=Nc2ccc(Cl)cc2C(c2ccccc2)=NC1O. The Balaban J connectivity index is 1.59. The molecule has 1 heterocycles. The maximum Gasteiger partial charge on any atom is 0.435 e. The Morgan fingerprint density at radius 1 is 1.00 bits per heavy atom. The summed E-state index contributed by atoms with van der Waals surface area (Å²) in [5.41, 5.74) is 5.46. The molecule has 1 aliphatic rings. The van der Waals surface area contributed by atoms with Gasteiger partial charge in [-0.3, -0.25) is 5.32 Å². The number of aliphatic imine (C=N–C) groups is 2. The molecule has 3 N–H and O–H groups in total. The lowest BCUT2D eigenvalue weighted by atomic mass is 10.0. The van der Waals surface area contributed by atoms with Gasteiger partial charge in [0.25, 0.3) is 0 Å². The minimum absolute atomic E-state index is 0.0345. The molecule has 0 saturated heterocycles. The van der Waals surface area contributed by atoms with Gasteiger partial charge >= 0.3 is 6.09 Å². The van der Waals surface area contributed by atoms with Crippen molar-refractivity contribution in [1.82, 2.24) is 5.48 Å². The van der Waals surface area contributed by atoms with Crippen LogP contribution in [-0.4, -0.2) is 29.0 Å². The minimum atomic E-state index is -1.38. The van der Waals surface area contributed by atoms with Crippen molar-refractivity contribution in [1.29, 1.82) is 0 Å². The van der Waals surface area contributed by atoms with E-state index in [1.807, 2.05) is 36.4 Å². The Morgan fingerprint density at radius 2 is 1.70 bits per heavy atom. The van der Waals surface area contributed by atoms with E-state index in [1.54, 1.807) is 42.5 Å². The van der Waals surface area contributed by atoms with E-state index in [2.05, 4.69) is 20.8 Å². The van der Waals surface area contributed by atoms with E-state index in [0.717, 1.165) is 5.56 Å². The van der Waals surface area contributed by atoms with Gasteiger partial charge in [-0.1, -0.05) is 60.1 Å². The number of hydrogen-bond acceptors (Lipinski definition) is 6. The monoisotopic (exact) mass is 420 g/mol. The number of aliphatic hydroxyl groups excluding tert-OH is 1. The van der Waals surface area contributed by atoms with Crippen LogP contribution < -0.4 is 10.8 Å². The first-order valence-electron chi connectivity index (χ1n) is 9.09. The first kappa shape index (κ1) is 19.6. The molecule has 8 heteroatoms. The van der Waals surface area contributed by atoms with E-state index in [1.165, 1.54) is 0 Å². The van der Waals surface area contributed by atoms with Crippen molar-refractivity contribution < 1.29 is 14.7 Å². The van der Waals surface area contributed by atoms with Crippen molar-refractivity contribution in [3.05, 3.63) is 95.0 Å². The number of para-hydroxylation sites is 1. The zero-order valence-corrected chi connectivity index (χ0v) is 16.4. The molecule has 30 heavy (non-hydrogen) atoms. The molecule has 0 fully saturated rings. The Labute approximate surface area is 177 Å². The van der Waals surface area contributed by atoms with Gasteiger partial charge in [0.1, 0.15) is 0 Å². The fourth-order valence-corrected chi connectivity index (χ4v) is 3.07. The number of carbonyl (C=O) groups is 1. The second kappa shape index (κ2) is 8.77. The highest BCUT2D eigenvalue weighted by atomic mass is 35.5. The topological polar surface area (TPSA) is 95.3 Å². The number of nitrogens with one attached hydrogen (secondary N) is 2. The molecule has 1 unspecified atom stereocenters. The lowest BCUT2D eigenvalue weighted by Gasteiger charge is -2.12. The van der Waals surface area contributed by atoms with Crippen LogP contribution in [0.2, 0.25) is 5.02 Å². The van der Waals surface area contributed by atoms with Gasteiger partial charge in [0.2, 0.25) is 6.23 Å². The normalized spacial score (nSPS) is 15.2. The summed E-state index contributed by atoms with van der Waals surface area (Å²) in [6.07, 6.45) is -2.14. The summed E-state index contributed by atoms with van der Waals surface area (Å²) in [7, 11) is 0. The van der Waals surface area contributed by atoms with Crippen LogP contribution in [0.4, 0.5) is 16.2 Å². The molecular formula is C22H17ClN4O3. The van der Waals surface area contributed by atoms with Gasteiger partial charge in [0.05, 0.1) is 11.4 Å². The fraction of sp³-hybridized carbons (Fsp3) is 0.0455. The summed E-state index contributed by atoms with van der Waals surface area (Å²) < 4.78 is 0. The first-order chi connectivity index (χ1) is 14.6. The van der Waals surface area contributed by atoms with Crippen LogP contribution in [0.1, 0.15) is 11.1 Å². The van der Waals surface area contributed by atoms with Crippen LogP contribution in [0.5, 0.6) is 0 Å². The standard InChI is InChI=1S/C22H17ClN4O3/c23-15-11-12-18-17(13-15)19(14-7-3-1-4-8-14)26-21(28)20(25-18)27-30-22(29)24-16-9-5-2-6-10-16/h1-13,21,28H,(H,24,29)(H,25,27). The Hall–Kier alpha value is -3.68. The number of halogens is 1. The van der Waals surface area contributed by atoms with Gasteiger partial charge in [-0.25, -0.2) is 14.8 Å². The van der Waals surface area contributed by atoms with E-state index in [9.17, 15) is 9.90 Å². The van der Waals surface area contributed by atoms with Crippen molar-refractivity contribution in [2.45, 2.75) is 6.23 Å². The van der Waals surface area contributed by atoms with Crippen LogP contribution in [-0.2, 0) is 4.84 Å². The van der Waals surface area contributed by atoms with Gasteiger partial charge in [-0.05, 0) is 30.3 Å².